The van der Waals surface area contributed by atoms with Crippen molar-refractivity contribution in [3.8, 4) is 11.1 Å². The number of aromatic carboxylic acids is 1. The molecule has 0 aliphatic rings. The van der Waals surface area contributed by atoms with Crippen molar-refractivity contribution in [2.75, 3.05) is 5.32 Å². The van der Waals surface area contributed by atoms with Crippen LogP contribution >= 0.6 is 0 Å². The third-order valence-corrected chi connectivity index (χ3v) is 5.69. The van der Waals surface area contributed by atoms with Gasteiger partial charge in [0.2, 0.25) is 0 Å². The van der Waals surface area contributed by atoms with Gasteiger partial charge in [0.1, 0.15) is 5.82 Å². The number of benzene rings is 3. The molecule has 4 aromatic rings. The van der Waals surface area contributed by atoms with E-state index in [1.54, 1.807) is 24.3 Å². The fraction of sp³-hybridized carbons (Fsp3) is 0.179. The van der Waals surface area contributed by atoms with E-state index in [-0.39, 0.29) is 16.9 Å². The molecule has 4 rings (SSSR count). The Morgan fingerprint density at radius 3 is 2.30 bits per heavy atom. The Kier molecular flexibility index (Phi) is 5.73. The molecule has 1 aromatic heterocycles. The lowest BCUT2D eigenvalue weighted by Gasteiger charge is -2.26. The highest BCUT2D eigenvalue weighted by molar-refractivity contribution is 6.10. The highest BCUT2D eigenvalue weighted by Gasteiger charge is 2.26. The predicted octanol–water partition coefficient (Wildman–Crippen LogP) is 6.46. The average molecular weight is 439 g/mol. The number of anilines is 1. The highest BCUT2D eigenvalue weighted by atomic mass is 16.4. The number of hydrogen-bond donors (Lipinski definition) is 2. The van der Waals surface area contributed by atoms with Crippen molar-refractivity contribution in [2.45, 2.75) is 33.1 Å². The first-order chi connectivity index (χ1) is 15.6. The zero-order chi connectivity index (χ0) is 23.8. The van der Waals surface area contributed by atoms with Gasteiger partial charge in [-0.15, -0.1) is 0 Å². The van der Waals surface area contributed by atoms with E-state index >= 15 is 0 Å². The van der Waals surface area contributed by atoms with Crippen LogP contribution < -0.4 is 5.32 Å². The standard InChI is InChI=1S/C28H26N2O3/c1-17-10-13-21(28(2,3)4)25(24(17)18-8-6-5-7-9-18)26(31)30-23-15-12-19-16-20(27(32)33)11-14-22(19)29-23/h5-16H,1-4H3,(H,32,33)(H,29,30,31). The van der Waals surface area contributed by atoms with Crippen LogP contribution in [0, 0.1) is 6.92 Å². The minimum absolute atomic E-state index is 0.197. The molecule has 0 aliphatic heterocycles. The van der Waals surface area contributed by atoms with Gasteiger partial charge in [-0.2, -0.15) is 0 Å². The quantitative estimate of drug-likeness (QED) is 0.383. The Morgan fingerprint density at radius 1 is 0.909 bits per heavy atom. The fourth-order valence-corrected chi connectivity index (χ4v) is 4.05. The van der Waals surface area contributed by atoms with Crippen LogP contribution in [0.5, 0.6) is 0 Å². The molecule has 0 unspecified atom stereocenters. The van der Waals surface area contributed by atoms with Gasteiger partial charge in [0.25, 0.3) is 5.91 Å². The molecule has 2 N–H and O–H groups in total. The Hall–Kier alpha value is -3.99. The number of carbonyl (C=O) groups is 2. The molecule has 0 atom stereocenters. The normalized spacial score (nSPS) is 11.4. The van der Waals surface area contributed by atoms with Crippen LogP contribution in [0.15, 0.2) is 72.8 Å². The first-order valence-electron chi connectivity index (χ1n) is 10.8. The van der Waals surface area contributed by atoms with Crippen LogP contribution in [-0.4, -0.2) is 22.0 Å². The zero-order valence-corrected chi connectivity index (χ0v) is 19.1. The summed E-state index contributed by atoms with van der Waals surface area (Å²) in [7, 11) is 0. The smallest absolute Gasteiger partial charge is 0.335 e. The molecule has 5 heteroatoms. The van der Waals surface area contributed by atoms with Gasteiger partial charge in [-0.1, -0.05) is 63.2 Å². The molecule has 0 aliphatic carbocycles. The van der Waals surface area contributed by atoms with Crippen molar-refractivity contribution < 1.29 is 14.7 Å². The van der Waals surface area contributed by atoms with Gasteiger partial charge in [0.15, 0.2) is 0 Å². The van der Waals surface area contributed by atoms with Crippen LogP contribution in [-0.2, 0) is 5.41 Å². The minimum atomic E-state index is -0.989. The topological polar surface area (TPSA) is 79.3 Å². The van der Waals surface area contributed by atoms with Gasteiger partial charge in [0, 0.05) is 5.39 Å². The third kappa shape index (κ3) is 4.48. The number of pyridine rings is 1. The molecule has 0 radical (unpaired) electrons. The maximum absolute atomic E-state index is 13.7. The van der Waals surface area contributed by atoms with Gasteiger partial charge >= 0.3 is 5.97 Å². The molecule has 3 aromatic carbocycles. The van der Waals surface area contributed by atoms with Gasteiger partial charge in [-0.05, 0) is 64.9 Å². The number of aromatic nitrogens is 1. The first-order valence-corrected chi connectivity index (χ1v) is 10.8. The van der Waals surface area contributed by atoms with Crippen LogP contribution in [0.2, 0.25) is 0 Å². The number of aryl methyl sites for hydroxylation is 1. The molecule has 166 valence electrons. The van der Waals surface area contributed by atoms with E-state index in [1.807, 2.05) is 43.3 Å². The number of amides is 1. The summed E-state index contributed by atoms with van der Waals surface area (Å²) in [5, 5.41) is 12.9. The molecule has 5 nitrogen and oxygen atoms in total. The van der Waals surface area contributed by atoms with Gasteiger partial charge in [-0.25, -0.2) is 9.78 Å². The summed E-state index contributed by atoms with van der Waals surface area (Å²) in [4.78, 5) is 29.4. The Balaban J connectivity index is 1.80. The van der Waals surface area contributed by atoms with E-state index in [9.17, 15) is 14.7 Å². The molecule has 0 saturated carbocycles. The number of carboxylic acids is 1. The van der Waals surface area contributed by atoms with E-state index in [0.29, 0.717) is 22.3 Å². The van der Waals surface area contributed by atoms with E-state index in [0.717, 1.165) is 22.3 Å². The SMILES string of the molecule is Cc1ccc(C(C)(C)C)c(C(=O)Nc2ccc3cc(C(=O)O)ccc3n2)c1-c1ccccc1. The number of nitrogens with one attached hydrogen (secondary N) is 1. The summed E-state index contributed by atoms with van der Waals surface area (Å²) in [5.74, 6) is -0.802. The monoisotopic (exact) mass is 438 g/mol. The Labute approximate surface area is 193 Å². The lowest BCUT2D eigenvalue weighted by molar-refractivity contribution is 0.0697. The van der Waals surface area contributed by atoms with Gasteiger partial charge in [-0.3, -0.25) is 4.79 Å². The van der Waals surface area contributed by atoms with E-state index in [4.69, 9.17) is 0 Å². The summed E-state index contributed by atoms with van der Waals surface area (Å²) < 4.78 is 0. The number of nitrogens with zero attached hydrogens (tertiary/aromatic N) is 1. The molecule has 0 spiro atoms. The van der Waals surface area contributed by atoms with Crippen LogP contribution in [0.25, 0.3) is 22.0 Å². The van der Waals surface area contributed by atoms with Crippen molar-refractivity contribution in [1.29, 1.82) is 0 Å². The summed E-state index contributed by atoms with van der Waals surface area (Å²) >= 11 is 0. The summed E-state index contributed by atoms with van der Waals surface area (Å²) in [6.07, 6.45) is 0. The maximum atomic E-state index is 13.7. The van der Waals surface area contributed by atoms with Crippen LogP contribution in [0.3, 0.4) is 0 Å². The lowest BCUT2D eigenvalue weighted by atomic mass is 9.79. The number of carbonyl (C=O) groups excluding carboxylic acids is 1. The fourth-order valence-electron chi connectivity index (χ4n) is 4.05. The van der Waals surface area contributed by atoms with Gasteiger partial charge in [0.05, 0.1) is 16.6 Å². The van der Waals surface area contributed by atoms with E-state index in [2.05, 4.69) is 37.1 Å². The lowest BCUT2D eigenvalue weighted by Crippen LogP contribution is -2.23. The van der Waals surface area contributed by atoms with Gasteiger partial charge < -0.3 is 10.4 Å². The molecule has 0 bridgehead atoms. The van der Waals surface area contributed by atoms with E-state index < -0.39 is 5.97 Å². The van der Waals surface area contributed by atoms with Crippen molar-refractivity contribution in [3.63, 3.8) is 0 Å². The largest absolute Gasteiger partial charge is 0.478 e. The predicted molar refractivity (Wildman–Crippen MR) is 132 cm³/mol. The highest BCUT2D eigenvalue weighted by Crippen LogP contribution is 2.36. The molecule has 33 heavy (non-hydrogen) atoms. The second-order valence-corrected chi connectivity index (χ2v) is 9.16. The second kappa shape index (κ2) is 8.51. The number of hydrogen-bond acceptors (Lipinski definition) is 3. The zero-order valence-electron chi connectivity index (χ0n) is 19.1. The molecule has 0 saturated heterocycles. The number of fused-ring (bicyclic) bond motifs is 1. The summed E-state index contributed by atoms with van der Waals surface area (Å²) in [6, 6.07) is 22.2. The number of rotatable bonds is 4. The molecule has 1 amide bonds. The van der Waals surface area contributed by atoms with Crippen molar-refractivity contribution in [3.05, 3.63) is 95.1 Å². The average Bonchev–Trinajstić information content (AvgIpc) is 2.78. The summed E-state index contributed by atoms with van der Waals surface area (Å²) in [6.45, 7) is 8.30. The number of carboxylic acid groups (broad SMARTS) is 1. The molecule has 0 fully saturated rings. The minimum Gasteiger partial charge on any atom is -0.478 e. The van der Waals surface area contributed by atoms with E-state index in [1.165, 1.54) is 6.07 Å². The van der Waals surface area contributed by atoms with Crippen molar-refractivity contribution in [2.24, 2.45) is 0 Å². The third-order valence-electron chi connectivity index (χ3n) is 5.69. The van der Waals surface area contributed by atoms with Crippen molar-refractivity contribution in [1.82, 2.24) is 4.98 Å². The molecule has 1 heterocycles. The Bertz CT molecular complexity index is 1370. The molecular weight excluding hydrogens is 412 g/mol. The second-order valence-electron chi connectivity index (χ2n) is 9.16. The first kappa shape index (κ1) is 22.2. The van der Waals surface area contributed by atoms with Crippen LogP contribution in [0.1, 0.15) is 52.6 Å². The Morgan fingerprint density at radius 2 is 1.64 bits per heavy atom. The van der Waals surface area contributed by atoms with Crippen LogP contribution in [0.4, 0.5) is 5.82 Å². The molecular formula is C28H26N2O3. The maximum Gasteiger partial charge on any atom is 0.335 e. The van der Waals surface area contributed by atoms with Crippen molar-refractivity contribution >= 4 is 28.6 Å². The summed E-state index contributed by atoms with van der Waals surface area (Å²) in [5.41, 5.74) is 5.07.